The zero-order valence-corrected chi connectivity index (χ0v) is 9.62. The van der Waals surface area contributed by atoms with Gasteiger partial charge in [0.2, 0.25) is 0 Å². The van der Waals surface area contributed by atoms with Gasteiger partial charge < -0.3 is 21.7 Å². The molecule has 5 N–H and O–H groups in total. The maximum Gasteiger partial charge on any atom is 0.312 e. The summed E-state index contributed by atoms with van der Waals surface area (Å²) < 4.78 is 0. The molecule has 0 aliphatic heterocycles. The summed E-state index contributed by atoms with van der Waals surface area (Å²) >= 11 is 0. The topological polar surface area (TPSA) is 96.2 Å². The molecule has 0 atom stereocenters. The fourth-order valence-corrected chi connectivity index (χ4v) is 1.25. The second kappa shape index (κ2) is 6.37. The van der Waals surface area contributed by atoms with E-state index in [0.717, 1.165) is 5.69 Å². The van der Waals surface area contributed by atoms with E-state index in [1.807, 2.05) is 19.2 Å². The zero-order chi connectivity index (χ0) is 12.7. The Kier molecular flexibility index (Phi) is 4.80. The van der Waals surface area contributed by atoms with Crippen molar-refractivity contribution in [1.82, 2.24) is 10.6 Å². The quantitative estimate of drug-likeness (QED) is 0.547. The van der Waals surface area contributed by atoms with Crippen molar-refractivity contribution in [3.05, 3.63) is 29.8 Å². The summed E-state index contributed by atoms with van der Waals surface area (Å²) in [6, 6.07) is 6.48. The number of nitrogens with one attached hydrogen (secondary N) is 3. The van der Waals surface area contributed by atoms with Gasteiger partial charge in [-0.25, -0.2) is 4.79 Å². The second-order valence-corrected chi connectivity index (χ2v) is 3.37. The second-order valence-electron chi connectivity index (χ2n) is 3.37. The predicted molar refractivity (Wildman–Crippen MR) is 65.9 cm³/mol. The van der Waals surface area contributed by atoms with Crippen molar-refractivity contribution in [2.24, 2.45) is 5.73 Å². The summed E-state index contributed by atoms with van der Waals surface area (Å²) in [6.07, 6.45) is 0. The summed E-state index contributed by atoms with van der Waals surface area (Å²) in [5.41, 5.74) is 6.40. The molecule has 1 aromatic carbocycles. The van der Waals surface area contributed by atoms with E-state index >= 15 is 0 Å². The summed E-state index contributed by atoms with van der Waals surface area (Å²) in [5, 5.41) is 8.01. The molecule has 1 rings (SSSR count). The van der Waals surface area contributed by atoms with Crippen molar-refractivity contribution in [2.45, 2.75) is 0 Å². The monoisotopic (exact) mass is 236 g/mol. The number of anilines is 1. The van der Waals surface area contributed by atoms with Crippen LogP contribution in [0.1, 0.15) is 10.4 Å². The van der Waals surface area contributed by atoms with Crippen LogP contribution in [0.15, 0.2) is 24.3 Å². The Morgan fingerprint density at radius 2 is 1.71 bits per heavy atom. The van der Waals surface area contributed by atoms with Crippen molar-refractivity contribution in [3.63, 3.8) is 0 Å². The summed E-state index contributed by atoms with van der Waals surface area (Å²) in [5.74, 6) is -0.182. The highest BCUT2D eigenvalue weighted by atomic mass is 16.2. The first-order chi connectivity index (χ1) is 8.13. The molecule has 0 unspecified atom stereocenters. The van der Waals surface area contributed by atoms with Gasteiger partial charge in [0.05, 0.1) is 0 Å². The number of benzene rings is 1. The number of hydrogen-bond donors (Lipinski definition) is 4. The number of hydrogen-bond acceptors (Lipinski definition) is 3. The first-order valence-electron chi connectivity index (χ1n) is 5.23. The van der Waals surface area contributed by atoms with Gasteiger partial charge in [0, 0.05) is 31.4 Å². The maximum atomic E-state index is 11.6. The molecule has 0 heterocycles. The third-order valence-corrected chi connectivity index (χ3v) is 2.15. The lowest BCUT2D eigenvalue weighted by atomic mass is 10.2. The number of carbonyl (C=O) groups excluding carboxylic acids is 2. The van der Waals surface area contributed by atoms with Crippen LogP contribution in [0, 0.1) is 0 Å². The average molecular weight is 236 g/mol. The van der Waals surface area contributed by atoms with Crippen LogP contribution in [-0.4, -0.2) is 32.1 Å². The van der Waals surface area contributed by atoms with Crippen LogP contribution in [0.2, 0.25) is 0 Å². The molecule has 0 fully saturated rings. The molecule has 17 heavy (non-hydrogen) atoms. The van der Waals surface area contributed by atoms with Crippen LogP contribution in [0.4, 0.5) is 10.5 Å². The van der Waals surface area contributed by atoms with Crippen LogP contribution in [0.5, 0.6) is 0 Å². The van der Waals surface area contributed by atoms with Gasteiger partial charge in [-0.2, -0.15) is 0 Å². The van der Waals surface area contributed by atoms with Crippen LogP contribution in [0.25, 0.3) is 0 Å². The lowest BCUT2D eigenvalue weighted by Gasteiger charge is -2.06. The van der Waals surface area contributed by atoms with E-state index in [0.29, 0.717) is 18.7 Å². The number of primary amides is 1. The Labute approximate surface area is 99.6 Å². The van der Waals surface area contributed by atoms with E-state index in [1.165, 1.54) is 0 Å². The van der Waals surface area contributed by atoms with E-state index < -0.39 is 6.03 Å². The molecule has 0 aromatic heterocycles. The third kappa shape index (κ3) is 4.42. The predicted octanol–water partition coefficient (Wildman–Crippen LogP) is 0.126. The lowest BCUT2D eigenvalue weighted by Crippen LogP contribution is -2.37. The highest BCUT2D eigenvalue weighted by Gasteiger charge is 2.03. The standard InChI is InChI=1S/C11H16N4O2/c1-13-9-4-2-8(3-5-9)10(16)14-6-7-15-11(12)17/h2-5,13H,6-7H2,1H3,(H,14,16)(H3,12,15,17). The van der Waals surface area contributed by atoms with E-state index in [1.54, 1.807) is 12.1 Å². The summed E-state index contributed by atoms with van der Waals surface area (Å²) in [6.45, 7) is 0.658. The highest BCUT2D eigenvalue weighted by molar-refractivity contribution is 5.94. The Bertz CT molecular complexity index is 389. The van der Waals surface area contributed by atoms with Crippen molar-refractivity contribution in [3.8, 4) is 0 Å². The normalized spacial score (nSPS) is 9.47. The minimum absolute atomic E-state index is 0.182. The molecule has 6 nitrogen and oxygen atoms in total. The molecule has 0 aliphatic rings. The van der Waals surface area contributed by atoms with Crippen LogP contribution < -0.4 is 21.7 Å². The van der Waals surface area contributed by atoms with Gasteiger partial charge in [-0.05, 0) is 24.3 Å². The van der Waals surface area contributed by atoms with Gasteiger partial charge in [0.1, 0.15) is 0 Å². The highest BCUT2D eigenvalue weighted by Crippen LogP contribution is 2.07. The Hall–Kier alpha value is -2.24. The Morgan fingerprint density at radius 3 is 2.24 bits per heavy atom. The third-order valence-electron chi connectivity index (χ3n) is 2.15. The van der Waals surface area contributed by atoms with Gasteiger partial charge in [-0.3, -0.25) is 4.79 Å². The van der Waals surface area contributed by atoms with Gasteiger partial charge in [0.25, 0.3) is 5.91 Å². The molecule has 0 bridgehead atoms. The smallest absolute Gasteiger partial charge is 0.312 e. The van der Waals surface area contributed by atoms with Crippen molar-refractivity contribution in [1.29, 1.82) is 0 Å². The SMILES string of the molecule is CNc1ccc(C(=O)NCCNC(N)=O)cc1. The van der Waals surface area contributed by atoms with Crippen molar-refractivity contribution >= 4 is 17.6 Å². The molecule has 0 aliphatic carbocycles. The fraction of sp³-hybridized carbons (Fsp3) is 0.273. The molecular formula is C11H16N4O2. The Morgan fingerprint density at radius 1 is 1.12 bits per heavy atom. The number of urea groups is 1. The fourth-order valence-electron chi connectivity index (χ4n) is 1.25. The van der Waals surface area contributed by atoms with Gasteiger partial charge in [-0.15, -0.1) is 0 Å². The molecule has 1 aromatic rings. The first kappa shape index (κ1) is 12.8. The number of carbonyl (C=O) groups is 2. The molecule has 0 saturated heterocycles. The van der Waals surface area contributed by atoms with E-state index in [-0.39, 0.29) is 5.91 Å². The zero-order valence-electron chi connectivity index (χ0n) is 9.62. The largest absolute Gasteiger partial charge is 0.388 e. The molecule has 92 valence electrons. The number of rotatable bonds is 5. The maximum absolute atomic E-state index is 11.6. The summed E-state index contributed by atoms with van der Waals surface area (Å²) in [7, 11) is 1.81. The average Bonchev–Trinajstić information content (AvgIpc) is 2.34. The van der Waals surface area contributed by atoms with Gasteiger partial charge in [0.15, 0.2) is 0 Å². The molecule has 0 saturated carbocycles. The number of amides is 3. The minimum Gasteiger partial charge on any atom is -0.388 e. The van der Waals surface area contributed by atoms with Crippen LogP contribution in [0.3, 0.4) is 0 Å². The molecule has 0 spiro atoms. The molecular weight excluding hydrogens is 220 g/mol. The Balaban J connectivity index is 2.38. The molecule has 6 heteroatoms. The van der Waals surface area contributed by atoms with E-state index in [4.69, 9.17) is 5.73 Å². The summed E-state index contributed by atoms with van der Waals surface area (Å²) in [4.78, 5) is 22.0. The van der Waals surface area contributed by atoms with Gasteiger partial charge in [-0.1, -0.05) is 0 Å². The molecule has 3 amide bonds. The first-order valence-corrected chi connectivity index (χ1v) is 5.23. The van der Waals surface area contributed by atoms with Crippen molar-refractivity contribution in [2.75, 3.05) is 25.5 Å². The lowest BCUT2D eigenvalue weighted by molar-refractivity contribution is 0.0954. The number of nitrogens with two attached hydrogens (primary N) is 1. The minimum atomic E-state index is -0.599. The van der Waals surface area contributed by atoms with E-state index in [9.17, 15) is 9.59 Å². The van der Waals surface area contributed by atoms with Crippen LogP contribution in [-0.2, 0) is 0 Å². The van der Waals surface area contributed by atoms with E-state index in [2.05, 4.69) is 16.0 Å². The van der Waals surface area contributed by atoms with Gasteiger partial charge >= 0.3 is 6.03 Å². The van der Waals surface area contributed by atoms with Crippen LogP contribution >= 0.6 is 0 Å². The molecule has 0 radical (unpaired) electrons. The van der Waals surface area contributed by atoms with Crippen molar-refractivity contribution < 1.29 is 9.59 Å².